The van der Waals surface area contributed by atoms with E-state index in [1.165, 1.54) is 28.8 Å². The Hall–Kier alpha value is -1.23. The smallest absolute Gasteiger partial charge is 0.164 e. The van der Waals surface area contributed by atoms with Gasteiger partial charge < -0.3 is 14.8 Å². The average molecular weight is 382 g/mol. The molecule has 0 saturated carbocycles. The van der Waals surface area contributed by atoms with Gasteiger partial charge in [0.25, 0.3) is 0 Å². The second kappa shape index (κ2) is 9.46. The van der Waals surface area contributed by atoms with Crippen LogP contribution in [0.15, 0.2) is 29.6 Å². The van der Waals surface area contributed by atoms with E-state index >= 15 is 0 Å². The molecular weight excluding hydrogens is 354 g/mol. The first-order valence-electron chi connectivity index (χ1n) is 8.69. The largest absolute Gasteiger partial charge is 0.493 e. The van der Waals surface area contributed by atoms with Gasteiger partial charge in [-0.05, 0) is 74.2 Å². The molecule has 1 heterocycles. The highest BCUT2D eigenvalue weighted by molar-refractivity contribution is 7.09. The molecule has 1 aliphatic rings. The Balaban J connectivity index is 0.00000225. The summed E-state index contributed by atoms with van der Waals surface area (Å²) in [6.07, 6.45) is 4.68. The molecule has 25 heavy (non-hydrogen) atoms. The molecule has 0 bridgehead atoms. The zero-order valence-electron chi connectivity index (χ0n) is 15.2. The number of fused-ring (bicyclic) bond motifs is 1. The first kappa shape index (κ1) is 20.1. The maximum Gasteiger partial charge on any atom is 0.164 e. The number of rotatable bonds is 7. The lowest BCUT2D eigenvalue weighted by Crippen LogP contribution is -2.29. The Labute approximate surface area is 161 Å². The van der Waals surface area contributed by atoms with E-state index in [0.29, 0.717) is 11.8 Å². The first-order valence-corrected chi connectivity index (χ1v) is 9.57. The Morgan fingerprint density at radius 3 is 2.72 bits per heavy atom. The lowest BCUT2D eigenvalue weighted by molar-refractivity contribution is 0.336. The van der Waals surface area contributed by atoms with Gasteiger partial charge in [0, 0.05) is 10.4 Å². The van der Waals surface area contributed by atoms with Crippen LogP contribution in [-0.4, -0.2) is 27.8 Å². The van der Waals surface area contributed by atoms with E-state index in [-0.39, 0.29) is 12.4 Å². The Morgan fingerprint density at radius 1 is 1.24 bits per heavy atom. The van der Waals surface area contributed by atoms with Crippen molar-refractivity contribution in [2.75, 3.05) is 27.8 Å². The molecule has 1 aromatic carbocycles. The zero-order valence-corrected chi connectivity index (χ0v) is 16.8. The van der Waals surface area contributed by atoms with Gasteiger partial charge in [0.15, 0.2) is 11.5 Å². The van der Waals surface area contributed by atoms with E-state index < -0.39 is 0 Å². The number of halogens is 1. The van der Waals surface area contributed by atoms with Crippen LogP contribution in [0.4, 0.5) is 0 Å². The molecule has 0 amide bonds. The lowest BCUT2D eigenvalue weighted by Gasteiger charge is -2.33. The Bertz CT molecular complexity index is 660. The third-order valence-corrected chi connectivity index (χ3v) is 6.00. The minimum atomic E-state index is 0. The van der Waals surface area contributed by atoms with Gasteiger partial charge in [-0.3, -0.25) is 0 Å². The fourth-order valence-corrected chi connectivity index (χ4v) is 4.86. The van der Waals surface area contributed by atoms with Crippen LogP contribution in [0.5, 0.6) is 11.5 Å². The summed E-state index contributed by atoms with van der Waals surface area (Å²) in [4.78, 5) is 1.47. The molecule has 0 spiro atoms. The third kappa shape index (κ3) is 4.30. The summed E-state index contributed by atoms with van der Waals surface area (Å²) in [5, 5.41) is 5.58. The van der Waals surface area contributed by atoms with Crippen LogP contribution >= 0.6 is 23.7 Å². The first-order chi connectivity index (χ1) is 11.8. The van der Waals surface area contributed by atoms with Gasteiger partial charge in [0.1, 0.15) is 0 Å². The van der Waals surface area contributed by atoms with E-state index in [9.17, 15) is 0 Å². The van der Waals surface area contributed by atoms with Crippen LogP contribution in [0, 0.1) is 5.92 Å². The number of methoxy groups -OCH3 is 2. The standard InChI is InChI=1S/C20H27NO2S.ClH/c1-21-13-14(12-15-6-5-11-24-15)16-7-4-8-18-17(16)9-10-19(22-2)20(18)23-3;/h5-6,9-11,14,16,21H,4,7-8,12-13H2,1-3H3;1H. The van der Waals surface area contributed by atoms with Crippen molar-refractivity contribution < 1.29 is 9.47 Å². The molecule has 3 nitrogen and oxygen atoms in total. The van der Waals surface area contributed by atoms with Crippen molar-refractivity contribution in [1.82, 2.24) is 5.32 Å². The van der Waals surface area contributed by atoms with Crippen molar-refractivity contribution in [3.05, 3.63) is 45.6 Å². The molecule has 2 unspecified atom stereocenters. The Kier molecular flexibility index (Phi) is 7.60. The molecule has 3 rings (SSSR count). The van der Waals surface area contributed by atoms with Gasteiger partial charge in [-0.25, -0.2) is 0 Å². The van der Waals surface area contributed by atoms with Crippen molar-refractivity contribution in [3.63, 3.8) is 0 Å². The highest BCUT2D eigenvalue weighted by atomic mass is 35.5. The van der Waals surface area contributed by atoms with Crippen LogP contribution in [0.1, 0.15) is 34.8 Å². The molecule has 0 radical (unpaired) electrons. The van der Waals surface area contributed by atoms with Crippen LogP contribution in [-0.2, 0) is 12.8 Å². The van der Waals surface area contributed by atoms with Crippen molar-refractivity contribution in [2.24, 2.45) is 5.92 Å². The highest BCUT2D eigenvalue weighted by Gasteiger charge is 2.30. The minimum Gasteiger partial charge on any atom is -0.493 e. The molecule has 5 heteroatoms. The predicted octanol–water partition coefficient (Wildman–Crippen LogP) is 4.69. The number of hydrogen-bond acceptors (Lipinski definition) is 4. The summed E-state index contributed by atoms with van der Waals surface area (Å²) >= 11 is 1.86. The topological polar surface area (TPSA) is 30.5 Å². The number of nitrogens with one attached hydrogen (secondary N) is 1. The van der Waals surface area contributed by atoms with Crippen LogP contribution < -0.4 is 14.8 Å². The second-order valence-corrected chi connectivity index (χ2v) is 7.50. The maximum absolute atomic E-state index is 5.69. The molecule has 0 fully saturated rings. The van der Waals surface area contributed by atoms with E-state index in [2.05, 4.69) is 42.0 Å². The molecule has 1 aliphatic carbocycles. The third-order valence-electron chi connectivity index (χ3n) is 5.10. The van der Waals surface area contributed by atoms with Crippen molar-refractivity contribution in [3.8, 4) is 11.5 Å². The van der Waals surface area contributed by atoms with Gasteiger partial charge >= 0.3 is 0 Å². The van der Waals surface area contributed by atoms with Crippen LogP contribution in [0.2, 0.25) is 0 Å². The molecule has 2 aromatic rings. The summed E-state index contributed by atoms with van der Waals surface area (Å²) in [5.74, 6) is 2.95. The van der Waals surface area contributed by atoms with Crippen LogP contribution in [0.3, 0.4) is 0 Å². The normalized spacial score (nSPS) is 17.3. The van der Waals surface area contributed by atoms with E-state index in [0.717, 1.165) is 30.9 Å². The second-order valence-electron chi connectivity index (χ2n) is 6.47. The van der Waals surface area contributed by atoms with E-state index in [1.807, 2.05) is 11.3 Å². The van der Waals surface area contributed by atoms with Crippen molar-refractivity contribution >= 4 is 23.7 Å². The summed E-state index contributed by atoms with van der Waals surface area (Å²) < 4.78 is 11.2. The zero-order chi connectivity index (χ0) is 16.9. The maximum atomic E-state index is 5.69. The molecule has 2 atom stereocenters. The SMILES string of the molecule is CNCC(Cc1cccs1)C1CCCc2c1ccc(OC)c2OC.Cl. The molecule has 0 aliphatic heterocycles. The predicted molar refractivity (Wildman–Crippen MR) is 108 cm³/mol. The summed E-state index contributed by atoms with van der Waals surface area (Å²) in [7, 11) is 5.52. The number of ether oxygens (including phenoxy) is 2. The lowest BCUT2D eigenvalue weighted by atomic mass is 9.74. The fourth-order valence-electron chi connectivity index (χ4n) is 4.06. The Morgan fingerprint density at radius 2 is 2.08 bits per heavy atom. The average Bonchev–Trinajstić information content (AvgIpc) is 3.12. The van der Waals surface area contributed by atoms with Crippen molar-refractivity contribution in [1.29, 1.82) is 0 Å². The van der Waals surface area contributed by atoms with E-state index in [4.69, 9.17) is 9.47 Å². The van der Waals surface area contributed by atoms with Gasteiger partial charge in [0.05, 0.1) is 14.2 Å². The monoisotopic (exact) mass is 381 g/mol. The minimum absolute atomic E-state index is 0. The van der Waals surface area contributed by atoms with Crippen LogP contribution in [0.25, 0.3) is 0 Å². The fraction of sp³-hybridized carbons (Fsp3) is 0.500. The van der Waals surface area contributed by atoms with Gasteiger partial charge in [-0.1, -0.05) is 12.1 Å². The number of benzene rings is 1. The van der Waals surface area contributed by atoms with Gasteiger partial charge in [-0.15, -0.1) is 23.7 Å². The summed E-state index contributed by atoms with van der Waals surface area (Å²) in [5.41, 5.74) is 2.80. The number of thiophene rings is 1. The quantitative estimate of drug-likeness (QED) is 0.754. The summed E-state index contributed by atoms with van der Waals surface area (Å²) in [6.45, 7) is 1.04. The summed E-state index contributed by atoms with van der Waals surface area (Å²) in [6, 6.07) is 8.74. The molecule has 1 aromatic heterocycles. The van der Waals surface area contributed by atoms with Crippen molar-refractivity contribution in [2.45, 2.75) is 31.6 Å². The molecule has 138 valence electrons. The number of hydrogen-bond donors (Lipinski definition) is 1. The highest BCUT2D eigenvalue weighted by Crippen LogP contribution is 2.45. The molecule has 0 saturated heterocycles. The van der Waals surface area contributed by atoms with Gasteiger partial charge in [0.2, 0.25) is 0 Å². The molecule has 1 N–H and O–H groups in total. The molecular formula is C20H28ClNO2S. The van der Waals surface area contributed by atoms with Gasteiger partial charge in [-0.2, -0.15) is 0 Å². The van der Waals surface area contributed by atoms with E-state index in [1.54, 1.807) is 14.2 Å².